The Balaban J connectivity index is 1.92. The lowest BCUT2D eigenvalue weighted by molar-refractivity contribution is 0.0957. The molecule has 2 rings (SSSR count). The van der Waals surface area contributed by atoms with E-state index in [1.54, 1.807) is 0 Å². The van der Waals surface area contributed by atoms with E-state index in [-0.39, 0.29) is 5.78 Å². The number of rotatable bonds is 4. The first-order valence-corrected chi connectivity index (χ1v) is 7.50. The molecule has 1 aliphatic rings. The summed E-state index contributed by atoms with van der Waals surface area (Å²) in [6.07, 6.45) is 4.24. The van der Waals surface area contributed by atoms with E-state index in [0.717, 1.165) is 28.9 Å². The summed E-state index contributed by atoms with van der Waals surface area (Å²) in [6, 6.07) is 8.01. The van der Waals surface area contributed by atoms with Gasteiger partial charge >= 0.3 is 0 Å². The summed E-state index contributed by atoms with van der Waals surface area (Å²) in [7, 11) is 0. The average Bonchev–Trinajstić information content (AvgIpc) is 2.39. The number of halogens is 1. The smallest absolute Gasteiger partial charge is 0.164 e. The standard InChI is InChI=1S/C15H20BrNO/c1-2-11-7-8-17-14(9-11)10-15(18)12-3-5-13(16)6-4-12/h3-6,11,14,17H,2,7-10H2,1H3. The van der Waals surface area contributed by atoms with Crippen LogP contribution in [0.2, 0.25) is 0 Å². The van der Waals surface area contributed by atoms with Crippen LogP contribution in [0, 0.1) is 5.92 Å². The van der Waals surface area contributed by atoms with Crippen molar-refractivity contribution in [3.63, 3.8) is 0 Å². The van der Waals surface area contributed by atoms with Crippen LogP contribution in [0.5, 0.6) is 0 Å². The topological polar surface area (TPSA) is 29.1 Å². The van der Waals surface area contributed by atoms with E-state index in [1.807, 2.05) is 24.3 Å². The summed E-state index contributed by atoms with van der Waals surface area (Å²) < 4.78 is 1.01. The maximum Gasteiger partial charge on any atom is 0.164 e. The lowest BCUT2D eigenvalue weighted by atomic mass is 9.87. The molecule has 1 fully saturated rings. The number of carbonyl (C=O) groups excluding carboxylic acids is 1. The number of Topliss-reactive ketones (excluding diaryl/α,β-unsaturated/α-hetero) is 1. The van der Waals surface area contributed by atoms with Crippen molar-refractivity contribution in [3.8, 4) is 0 Å². The molecule has 1 aliphatic heterocycles. The zero-order chi connectivity index (χ0) is 13.0. The van der Waals surface area contributed by atoms with Gasteiger partial charge in [0.25, 0.3) is 0 Å². The molecule has 0 bridgehead atoms. The van der Waals surface area contributed by atoms with Crippen LogP contribution in [0.3, 0.4) is 0 Å². The molecule has 2 unspecified atom stereocenters. The van der Waals surface area contributed by atoms with Gasteiger partial charge in [-0.3, -0.25) is 4.79 Å². The molecule has 18 heavy (non-hydrogen) atoms. The Morgan fingerprint density at radius 3 is 2.78 bits per heavy atom. The van der Waals surface area contributed by atoms with Crippen molar-refractivity contribution in [2.45, 2.75) is 38.6 Å². The van der Waals surface area contributed by atoms with Gasteiger partial charge in [0.2, 0.25) is 0 Å². The third-order valence-corrected chi connectivity index (χ3v) is 4.31. The fraction of sp³-hybridized carbons (Fsp3) is 0.533. The SMILES string of the molecule is CCC1CCNC(CC(=O)c2ccc(Br)cc2)C1. The summed E-state index contributed by atoms with van der Waals surface area (Å²) in [6.45, 7) is 3.29. The molecule has 1 saturated heterocycles. The number of benzene rings is 1. The van der Waals surface area contributed by atoms with Crippen LogP contribution in [0.1, 0.15) is 43.0 Å². The Labute approximate surface area is 117 Å². The highest BCUT2D eigenvalue weighted by Crippen LogP contribution is 2.22. The first-order valence-electron chi connectivity index (χ1n) is 6.71. The van der Waals surface area contributed by atoms with E-state index in [9.17, 15) is 4.79 Å². The second-order valence-corrected chi connectivity index (χ2v) is 6.00. The van der Waals surface area contributed by atoms with Crippen molar-refractivity contribution < 1.29 is 4.79 Å². The predicted octanol–water partition coefficient (Wildman–Crippen LogP) is 3.80. The fourth-order valence-electron chi connectivity index (χ4n) is 2.60. The quantitative estimate of drug-likeness (QED) is 0.857. The molecule has 0 saturated carbocycles. The molecule has 0 aromatic heterocycles. The van der Waals surface area contributed by atoms with Crippen LogP contribution in [-0.4, -0.2) is 18.4 Å². The van der Waals surface area contributed by atoms with Gasteiger partial charge in [-0.2, -0.15) is 0 Å². The minimum Gasteiger partial charge on any atom is -0.314 e. The van der Waals surface area contributed by atoms with Gasteiger partial charge in [0, 0.05) is 22.5 Å². The third kappa shape index (κ3) is 3.66. The molecule has 0 aliphatic carbocycles. The van der Waals surface area contributed by atoms with Crippen LogP contribution in [0.4, 0.5) is 0 Å². The van der Waals surface area contributed by atoms with E-state index in [4.69, 9.17) is 0 Å². The second kappa shape index (κ2) is 6.48. The zero-order valence-corrected chi connectivity index (χ0v) is 12.4. The van der Waals surface area contributed by atoms with Crippen LogP contribution in [-0.2, 0) is 0 Å². The number of carbonyl (C=O) groups is 1. The van der Waals surface area contributed by atoms with Gasteiger partial charge in [-0.25, -0.2) is 0 Å². The molecule has 0 spiro atoms. The maximum atomic E-state index is 12.2. The Morgan fingerprint density at radius 1 is 1.39 bits per heavy atom. The van der Waals surface area contributed by atoms with Crippen LogP contribution < -0.4 is 5.32 Å². The second-order valence-electron chi connectivity index (χ2n) is 5.08. The molecular weight excluding hydrogens is 290 g/mol. The van der Waals surface area contributed by atoms with Crippen LogP contribution >= 0.6 is 15.9 Å². The van der Waals surface area contributed by atoms with E-state index in [0.29, 0.717) is 12.5 Å². The number of hydrogen-bond acceptors (Lipinski definition) is 2. The van der Waals surface area contributed by atoms with Crippen LogP contribution in [0.25, 0.3) is 0 Å². The Morgan fingerprint density at radius 2 is 2.11 bits per heavy atom. The molecule has 98 valence electrons. The van der Waals surface area contributed by atoms with E-state index in [1.165, 1.54) is 12.8 Å². The molecular formula is C15H20BrNO. The van der Waals surface area contributed by atoms with Crippen molar-refractivity contribution in [2.75, 3.05) is 6.54 Å². The number of ketones is 1. The average molecular weight is 310 g/mol. The largest absolute Gasteiger partial charge is 0.314 e. The van der Waals surface area contributed by atoms with Gasteiger partial charge in [-0.05, 0) is 37.4 Å². The lowest BCUT2D eigenvalue weighted by Gasteiger charge is -2.29. The normalized spacial score (nSPS) is 23.9. The molecule has 1 heterocycles. The van der Waals surface area contributed by atoms with Crippen molar-refractivity contribution in [1.29, 1.82) is 0 Å². The van der Waals surface area contributed by atoms with Gasteiger partial charge < -0.3 is 5.32 Å². The van der Waals surface area contributed by atoms with Crippen molar-refractivity contribution >= 4 is 21.7 Å². The van der Waals surface area contributed by atoms with Gasteiger partial charge in [0.1, 0.15) is 0 Å². The number of piperidine rings is 1. The van der Waals surface area contributed by atoms with E-state index < -0.39 is 0 Å². The van der Waals surface area contributed by atoms with Crippen molar-refractivity contribution in [2.24, 2.45) is 5.92 Å². The molecule has 2 nitrogen and oxygen atoms in total. The summed E-state index contributed by atoms with van der Waals surface area (Å²) in [5.41, 5.74) is 0.818. The molecule has 1 N–H and O–H groups in total. The fourth-order valence-corrected chi connectivity index (χ4v) is 2.86. The summed E-state index contributed by atoms with van der Waals surface area (Å²) in [5, 5.41) is 3.47. The monoisotopic (exact) mass is 309 g/mol. The van der Waals surface area contributed by atoms with Gasteiger partial charge in [0.15, 0.2) is 5.78 Å². The minimum atomic E-state index is 0.247. The van der Waals surface area contributed by atoms with Gasteiger partial charge in [-0.1, -0.05) is 41.4 Å². The van der Waals surface area contributed by atoms with E-state index in [2.05, 4.69) is 28.2 Å². The summed E-state index contributed by atoms with van der Waals surface area (Å²) >= 11 is 3.39. The lowest BCUT2D eigenvalue weighted by Crippen LogP contribution is -2.39. The van der Waals surface area contributed by atoms with Crippen molar-refractivity contribution in [1.82, 2.24) is 5.32 Å². The van der Waals surface area contributed by atoms with Gasteiger partial charge in [0.05, 0.1) is 0 Å². The molecule has 0 radical (unpaired) electrons. The highest BCUT2D eigenvalue weighted by molar-refractivity contribution is 9.10. The molecule has 1 aromatic carbocycles. The third-order valence-electron chi connectivity index (χ3n) is 3.78. The molecule has 2 atom stereocenters. The minimum absolute atomic E-state index is 0.247. The highest BCUT2D eigenvalue weighted by Gasteiger charge is 2.22. The first kappa shape index (κ1) is 13.8. The maximum absolute atomic E-state index is 12.2. The van der Waals surface area contributed by atoms with E-state index >= 15 is 0 Å². The predicted molar refractivity (Wildman–Crippen MR) is 77.9 cm³/mol. The summed E-state index contributed by atoms with van der Waals surface area (Å²) in [4.78, 5) is 12.2. The Hall–Kier alpha value is -0.670. The van der Waals surface area contributed by atoms with Crippen molar-refractivity contribution in [3.05, 3.63) is 34.3 Å². The molecule has 1 aromatic rings. The number of hydrogen-bond donors (Lipinski definition) is 1. The number of nitrogens with one attached hydrogen (secondary N) is 1. The molecule has 0 amide bonds. The molecule has 3 heteroatoms. The Kier molecular flexibility index (Phi) is 4.95. The van der Waals surface area contributed by atoms with Crippen LogP contribution in [0.15, 0.2) is 28.7 Å². The first-order chi connectivity index (χ1) is 8.69. The summed E-state index contributed by atoms with van der Waals surface area (Å²) in [5.74, 6) is 1.03. The zero-order valence-electron chi connectivity index (χ0n) is 10.8. The van der Waals surface area contributed by atoms with Gasteiger partial charge in [-0.15, -0.1) is 0 Å². The Bertz CT molecular complexity index is 401. The highest BCUT2D eigenvalue weighted by atomic mass is 79.9.